The Bertz CT molecular complexity index is 1200. The van der Waals surface area contributed by atoms with E-state index < -0.39 is 0 Å². The highest BCUT2D eigenvalue weighted by Crippen LogP contribution is 2.32. The Morgan fingerprint density at radius 1 is 0.882 bits per heavy atom. The normalized spacial score (nSPS) is 15.6. The van der Waals surface area contributed by atoms with Gasteiger partial charge in [-0.2, -0.15) is 0 Å². The molecule has 2 aromatic carbocycles. The van der Waals surface area contributed by atoms with Crippen molar-refractivity contribution < 1.29 is 14.2 Å². The van der Waals surface area contributed by atoms with Crippen molar-refractivity contribution in [2.45, 2.75) is 6.10 Å². The van der Waals surface area contributed by atoms with E-state index in [-0.39, 0.29) is 6.10 Å². The van der Waals surface area contributed by atoms with E-state index in [4.69, 9.17) is 14.2 Å². The Kier molecular flexibility index (Phi) is 6.49. The van der Waals surface area contributed by atoms with Gasteiger partial charge in [0.1, 0.15) is 23.4 Å². The summed E-state index contributed by atoms with van der Waals surface area (Å²) in [5.41, 5.74) is 2.01. The number of hydrogen-bond acceptors (Lipinski definition) is 8. The van der Waals surface area contributed by atoms with Gasteiger partial charge in [0, 0.05) is 30.8 Å². The molecule has 1 fully saturated rings. The first-order chi connectivity index (χ1) is 16.8. The monoisotopic (exact) mass is 455 g/mol. The molecule has 0 aliphatic carbocycles. The van der Waals surface area contributed by atoms with E-state index in [1.165, 1.54) is 0 Å². The summed E-state index contributed by atoms with van der Waals surface area (Å²) in [6.45, 7) is 1.93. The van der Waals surface area contributed by atoms with E-state index in [0.717, 1.165) is 22.8 Å². The first kappa shape index (κ1) is 21.7. The maximum Gasteiger partial charge on any atom is 0.263 e. The van der Waals surface area contributed by atoms with Crippen LogP contribution in [0.1, 0.15) is 11.7 Å². The molecule has 0 saturated carbocycles. The molecule has 8 nitrogen and oxygen atoms in total. The number of nitrogens with zero attached hydrogens (tertiary/aromatic N) is 4. The van der Waals surface area contributed by atoms with Crippen LogP contribution in [0.15, 0.2) is 85.3 Å². The molecule has 5 rings (SSSR count). The molecule has 4 aromatic rings. The van der Waals surface area contributed by atoms with E-state index >= 15 is 0 Å². The number of pyridine rings is 1. The first-order valence-corrected chi connectivity index (χ1v) is 11.1. The number of ether oxygens (including phenoxy) is 3. The molecule has 0 radical (unpaired) electrons. The maximum atomic E-state index is 6.12. The van der Waals surface area contributed by atoms with E-state index in [0.29, 0.717) is 37.1 Å². The molecule has 1 N–H and O–H groups in total. The van der Waals surface area contributed by atoms with Crippen molar-refractivity contribution in [1.82, 2.24) is 15.0 Å². The van der Waals surface area contributed by atoms with Gasteiger partial charge in [0.05, 0.1) is 20.3 Å². The van der Waals surface area contributed by atoms with Gasteiger partial charge in [0.25, 0.3) is 5.88 Å². The maximum absolute atomic E-state index is 6.12. The lowest BCUT2D eigenvalue weighted by Gasteiger charge is -2.34. The Morgan fingerprint density at radius 2 is 1.68 bits per heavy atom. The Hall–Kier alpha value is -4.17. The van der Waals surface area contributed by atoms with Crippen molar-refractivity contribution in [2.24, 2.45) is 0 Å². The number of hydrogen-bond donors (Lipinski definition) is 1. The summed E-state index contributed by atoms with van der Waals surface area (Å²) in [5.74, 6) is 3.44. The second-order valence-corrected chi connectivity index (χ2v) is 7.73. The Labute approximate surface area is 198 Å². The zero-order chi connectivity index (χ0) is 23.2. The largest absolute Gasteiger partial charge is 0.497 e. The minimum Gasteiger partial charge on any atom is -0.497 e. The third-order valence-corrected chi connectivity index (χ3v) is 5.51. The van der Waals surface area contributed by atoms with Gasteiger partial charge in [-0.15, -0.1) is 0 Å². The average Bonchev–Trinajstić information content (AvgIpc) is 2.91. The fourth-order valence-electron chi connectivity index (χ4n) is 3.77. The summed E-state index contributed by atoms with van der Waals surface area (Å²) in [4.78, 5) is 15.5. The Balaban J connectivity index is 1.29. The SMILES string of the molecule is COc1ccc([C@H]2CN(c3nccnc3Oc3ccc(Nc4ccccn4)cc3)CCO2)cc1. The molecule has 2 aromatic heterocycles. The summed E-state index contributed by atoms with van der Waals surface area (Å²) in [6.07, 6.45) is 4.99. The fraction of sp³-hybridized carbons (Fsp3) is 0.192. The van der Waals surface area contributed by atoms with Crippen LogP contribution < -0.4 is 19.7 Å². The summed E-state index contributed by atoms with van der Waals surface area (Å²) < 4.78 is 17.4. The molecule has 0 unspecified atom stereocenters. The molecular weight excluding hydrogens is 430 g/mol. The molecule has 0 bridgehead atoms. The lowest BCUT2D eigenvalue weighted by atomic mass is 10.1. The highest BCUT2D eigenvalue weighted by atomic mass is 16.5. The molecule has 1 saturated heterocycles. The van der Waals surface area contributed by atoms with E-state index in [1.54, 1.807) is 25.7 Å². The molecule has 3 heterocycles. The zero-order valence-corrected chi connectivity index (χ0v) is 18.8. The van der Waals surface area contributed by atoms with Crippen molar-refractivity contribution in [2.75, 3.05) is 37.0 Å². The van der Waals surface area contributed by atoms with Gasteiger partial charge in [-0.25, -0.2) is 15.0 Å². The van der Waals surface area contributed by atoms with Gasteiger partial charge in [-0.3, -0.25) is 0 Å². The van der Waals surface area contributed by atoms with Crippen molar-refractivity contribution in [1.29, 1.82) is 0 Å². The quantitative estimate of drug-likeness (QED) is 0.417. The minimum absolute atomic E-state index is 0.0773. The molecule has 1 atom stereocenters. The molecule has 172 valence electrons. The van der Waals surface area contributed by atoms with Crippen LogP contribution in [0.2, 0.25) is 0 Å². The third-order valence-electron chi connectivity index (χ3n) is 5.51. The molecule has 0 amide bonds. The summed E-state index contributed by atoms with van der Waals surface area (Å²) in [5, 5.41) is 3.26. The lowest BCUT2D eigenvalue weighted by Crippen LogP contribution is -2.39. The predicted octanol–water partition coefficient (Wildman–Crippen LogP) is 4.99. The standard InChI is InChI=1S/C26H25N5O3/c1-32-21-9-5-19(6-10-21)23-18-31(16-17-33-23)25-26(29-15-14-28-25)34-22-11-7-20(8-12-22)30-24-4-2-3-13-27-24/h2-15,23H,16-18H2,1H3,(H,27,30)/t23-/m1/s1. The van der Waals surface area contributed by atoms with Crippen LogP contribution in [0.3, 0.4) is 0 Å². The number of nitrogens with one attached hydrogen (secondary N) is 1. The average molecular weight is 456 g/mol. The van der Waals surface area contributed by atoms with E-state index in [2.05, 4.69) is 25.2 Å². The van der Waals surface area contributed by atoms with E-state index in [9.17, 15) is 0 Å². The Morgan fingerprint density at radius 3 is 2.44 bits per heavy atom. The van der Waals surface area contributed by atoms with Crippen LogP contribution in [0.25, 0.3) is 0 Å². The number of aromatic nitrogens is 3. The number of methoxy groups -OCH3 is 1. The number of rotatable bonds is 7. The van der Waals surface area contributed by atoms with E-state index in [1.807, 2.05) is 66.7 Å². The van der Waals surface area contributed by atoms with Crippen molar-refractivity contribution in [3.05, 3.63) is 90.9 Å². The predicted molar refractivity (Wildman–Crippen MR) is 130 cm³/mol. The molecule has 1 aliphatic rings. The van der Waals surface area contributed by atoms with Crippen LogP contribution in [0.4, 0.5) is 17.3 Å². The van der Waals surface area contributed by atoms with Crippen molar-refractivity contribution in [3.63, 3.8) is 0 Å². The lowest BCUT2D eigenvalue weighted by molar-refractivity contribution is 0.0393. The summed E-state index contributed by atoms with van der Waals surface area (Å²) in [6, 6.07) is 21.3. The number of benzene rings is 2. The topological polar surface area (TPSA) is 81.6 Å². The molecular formula is C26H25N5O3. The second kappa shape index (κ2) is 10.2. The highest BCUT2D eigenvalue weighted by Gasteiger charge is 2.26. The van der Waals surface area contributed by atoms with Gasteiger partial charge < -0.3 is 24.4 Å². The molecule has 1 aliphatic heterocycles. The van der Waals surface area contributed by atoms with Crippen LogP contribution in [0, 0.1) is 0 Å². The first-order valence-electron chi connectivity index (χ1n) is 11.1. The molecule has 0 spiro atoms. The van der Waals surface area contributed by atoms with Gasteiger partial charge in [0.2, 0.25) is 0 Å². The highest BCUT2D eigenvalue weighted by molar-refractivity contribution is 5.57. The zero-order valence-electron chi connectivity index (χ0n) is 18.8. The summed E-state index contributed by atoms with van der Waals surface area (Å²) in [7, 11) is 1.66. The fourth-order valence-corrected chi connectivity index (χ4v) is 3.77. The van der Waals surface area contributed by atoms with Crippen LogP contribution >= 0.6 is 0 Å². The van der Waals surface area contributed by atoms with Gasteiger partial charge in [-0.05, 0) is 54.1 Å². The van der Waals surface area contributed by atoms with Crippen molar-refractivity contribution >= 4 is 17.3 Å². The van der Waals surface area contributed by atoms with Crippen LogP contribution in [-0.4, -0.2) is 41.8 Å². The van der Waals surface area contributed by atoms with Crippen LogP contribution in [-0.2, 0) is 4.74 Å². The minimum atomic E-state index is -0.0773. The second-order valence-electron chi connectivity index (χ2n) is 7.73. The van der Waals surface area contributed by atoms with Gasteiger partial charge in [0.15, 0.2) is 5.82 Å². The number of anilines is 3. The summed E-state index contributed by atoms with van der Waals surface area (Å²) >= 11 is 0. The molecule has 34 heavy (non-hydrogen) atoms. The number of morpholine rings is 1. The van der Waals surface area contributed by atoms with Gasteiger partial charge in [-0.1, -0.05) is 18.2 Å². The van der Waals surface area contributed by atoms with Crippen molar-refractivity contribution in [3.8, 4) is 17.4 Å². The third kappa shape index (κ3) is 5.07. The molecule has 8 heteroatoms. The van der Waals surface area contributed by atoms with Gasteiger partial charge >= 0.3 is 0 Å². The smallest absolute Gasteiger partial charge is 0.263 e. The van der Waals surface area contributed by atoms with Crippen LogP contribution in [0.5, 0.6) is 17.4 Å².